The van der Waals surface area contributed by atoms with Crippen molar-refractivity contribution < 1.29 is 10.2 Å². The van der Waals surface area contributed by atoms with E-state index in [0.29, 0.717) is 6.42 Å². The van der Waals surface area contributed by atoms with Crippen molar-refractivity contribution >= 4 is 8.80 Å². The fourth-order valence-electron chi connectivity index (χ4n) is 2.15. The molecule has 3 heteroatoms. The normalized spacial score (nSPS) is 25.2. The lowest BCUT2D eigenvalue weighted by Gasteiger charge is -2.34. The third-order valence-corrected chi connectivity index (χ3v) is 7.36. The van der Waals surface area contributed by atoms with Crippen LogP contribution in [0.5, 0.6) is 0 Å². The molecular weight excluding hydrogens is 168 g/mol. The van der Waals surface area contributed by atoms with Gasteiger partial charge in [-0.15, -0.1) is 0 Å². The van der Waals surface area contributed by atoms with Crippen molar-refractivity contribution in [3.63, 3.8) is 0 Å². The molecule has 2 N–H and O–H groups in total. The Balaban J connectivity index is 2.41. The quantitative estimate of drug-likeness (QED) is 0.650. The van der Waals surface area contributed by atoms with Gasteiger partial charge in [0.25, 0.3) is 0 Å². The van der Waals surface area contributed by atoms with Crippen molar-refractivity contribution in [3.05, 3.63) is 0 Å². The van der Waals surface area contributed by atoms with Gasteiger partial charge < -0.3 is 10.2 Å². The van der Waals surface area contributed by atoms with E-state index in [9.17, 15) is 5.11 Å². The van der Waals surface area contributed by atoms with E-state index >= 15 is 0 Å². The molecule has 0 bridgehead atoms. The standard InChI is InChI=1S/C9H20O2Si/c1-9(11,5-6-10)12-7-3-2-4-8-12/h10-12H,2-8H2,1H3. The molecular formula is C9H20O2Si. The summed E-state index contributed by atoms with van der Waals surface area (Å²) in [5.41, 5.74) is 0. The summed E-state index contributed by atoms with van der Waals surface area (Å²) >= 11 is 0. The number of aliphatic hydroxyl groups is 2. The molecule has 0 aromatic carbocycles. The van der Waals surface area contributed by atoms with E-state index in [1.807, 2.05) is 6.92 Å². The average Bonchev–Trinajstić information content (AvgIpc) is 2.06. The highest BCUT2D eigenvalue weighted by atomic mass is 28.3. The van der Waals surface area contributed by atoms with E-state index in [0.717, 1.165) is 0 Å². The zero-order valence-electron chi connectivity index (χ0n) is 7.92. The number of rotatable bonds is 3. The monoisotopic (exact) mass is 188 g/mol. The van der Waals surface area contributed by atoms with Gasteiger partial charge in [-0.2, -0.15) is 0 Å². The van der Waals surface area contributed by atoms with Gasteiger partial charge in [0.15, 0.2) is 0 Å². The largest absolute Gasteiger partial charge is 0.396 e. The van der Waals surface area contributed by atoms with Crippen LogP contribution < -0.4 is 0 Å². The second kappa shape index (κ2) is 4.39. The van der Waals surface area contributed by atoms with E-state index in [2.05, 4.69) is 0 Å². The molecule has 0 radical (unpaired) electrons. The topological polar surface area (TPSA) is 40.5 Å². The first-order chi connectivity index (χ1) is 5.67. The van der Waals surface area contributed by atoms with Gasteiger partial charge in [0.05, 0.1) is 14.0 Å². The van der Waals surface area contributed by atoms with Crippen molar-refractivity contribution in [2.75, 3.05) is 6.61 Å². The summed E-state index contributed by atoms with van der Waals surface area (Å²) in [4.78, 5) is 0. The average molecular weight is 188 g/mol. The Kier molecular flexibility index (Phi) is 3.74. The summed E-state index contributed by atoms with van der Waals surface area (Å²) < 4.78 is 0. The Morgan fingerprint density at radius 1 is 1.25 bits per heavy atom. The lowest BCUT2D eigenvalue weighted by atomic mass is 10.2. The van der Waals surface area contributed by atoms with E-state index < -0.39 is 14.0 Å². The van der Waals surface area contributed by atoms with Crippen molar-refractivity contribution in [3.8, 4) is 0 Å². The minimum Gasteiger partial charge on any atom is -0.396 e. The van der Waals surface area contributed by atoms with E-state index in [1.165, 1.54) is 31.4 Å². The minimum absolute atomic E-state index is 0.135. The Morgan fingerprint density at radius 2 is 1.83 bits per heavy atom. The third kappa shape index (κ3) is 2.57. The molecule has 0 saturated carbocycles. The molecule has 1 heterocycles. The van der Waals surface area contributed by atoms with Crippen molar-refractivity contribution in [1.29, 1.82) is 0 Å². The van der Waals surface area contributed by atoms with Crippen LogP contribution in [0.15, 0.2) is 0 Å². The Morgan fingerprint density at radius 3 is 2.33 bits per heavy atom. The molecule has 1 fully saturated rings. The van der Waals surface area contributed by atoms with Gasteiger partial charge >= 0.3 is 0 Å². The predicted molar refractivity (Wildman–Crippen MR) is 52.9 cm³/mol. The number of hydrogen-bond donors (Lipinski definition) is 2. The molecule has 1 atom stereocenters. The van der Waals surface area contributed by atoms with Crippen molar-refractivity contribution in [2.45, 2.75) is 49.9 Å². The molecule has 1 aliphatic rings. The summed E-state index contributed by atoms with van der Waals surface area (Å²) in [6, 6.07) is 2.54. The molecule has 1 rings (SSSR count). The van der Waals surface area contributed by atoms with Gasteiger partial charge in [0.2, 0.25) is 0 Å². The maximum atomic E-state index is 10.0. The molecule has 72 valence electrons. The van der Waals surface area contributed by atoms with Crippen LogP contribution in [0.4, 0.5) is 0 Å². The van der Waals surface area contributed by atoms with Gasteiger partial charge in [-0.1, -0.05) is 31.4 Å². The van der Waals surface area contributed by atoms with Crippen LogP contribution in [0.3, 0.4) is 0 Å². The van der Waals surface area contributed by atoms with Crippen LogP contribution in [0, 0.1) is 0 Å². The predicted octanol–water partition coefficient (Wildman–Crippen LogP) is 1.07. The van der Waals surface area contributed by atoms with E-state index in [4.69, 9.17) is 5.11 Å². The molecule has 0 amide bonds. The van der Waals surface area contributed by atoms with Crippen LogP contribution in [-0.2, 0) is 0 Å². The van der Waals surface area contributed by atoms with Crippen molar-refractivity contribution in [1.82, 2.24) is 0 Å². The first-order valence-corrected chi connectivity index (χ1v) is 7.21. The van der Waals surface area contributed by atoms with Crippen LogP contribution in [0.25, 0.3) is 0 Å². The van der Waals surface area contributed by atoms with Gasteiger partial charge in [-0.3, -0.25) is 0 Å². The van der Waals surface area contributed by atoms with E-state index in [-0.39, 0.29) is 6.61 Å². The molecule has 1 unspecified atom stereocenters. The first kappa shape index (κ1) is 10.2. The van der Waals surface area contributed by atoms with Gasteiger partial charge in [0.1, 0.15) is 0 Å². The Bertz CT molecular complexity index is 130. The summed E-state index contributed by atoms with van der Waals surface area (Å²) in [5.74, 6) is 0. The van der Waals surface area contributed by atoms with Gasteiger partial charge in [-0.05, 0) is 13.3 Å². The van der Waals surface area contributed by atoms with Gasteiger partial charge in [-0.25, -0.2) is 0 Å². The lowest BCUT2D eigenvalue weighted by Crippen LogP contribution is -2.44. The summed E-state index contributed by atoms with van der Waals surface area (Å²) in [5, 5.41) is 18.3. The maximum Gasteiger partial charge on any atom is 0.0750 e. The number of hydrogen-bond acceptors (Lipinski definition) is 2. The van der Waals surface area contributed by atoms with Crippen molar-refractivity contribution in [2.24, 2.45) is 0 Å². The molecule has 0 aliphatic carbocycles. The minimum atomic E-state index is -0.957. The zero-order valence-corrected chi connectivity index (χ0v) is 9.08. The molecule has 2 nitrogen and oxygen atoms in total. The van der Waals surface area contributed by atoms with Crippen LogP contribution in [0.1, 0.15) is 32.6 Å². The highest BCUT2D eigenvalue weighted by molar-refractivity contribution is 6.62. The second-order valence-corrected chi connectivity index (χ2v) is 7.96. The fraction of sp³-hybridized carbons (Fsp3) is 1.00. The smallest absolute Gasteiger partial charge is 0.0750 e. The lowest BCUT2D eigenvalue weighted by molar-refractivity contribution is 0.101. The highest BCUT2D eigenvalue weighted by Gasteiger charge is 2.33. The second-order valence-electron chi connectivity index (χ2n) is 4.17. The molecule has 0 aromatic heterocycles. The molecule has 1 saturated heterocycles. The Hall–Kier alpha value is 0.137. The Labute approximate surface area is 76.2 Å². The summed E-state index contributed by atoms with van der Waals surface area (Å²) in [7, 11) is -0.957. The summed E-state index contributed by atoms with van der Waals surface area (Å²) in [6.07, 6.45) is 4.54. The SMILES string of the molecule is CC(O)(CCO)[SiH]1CCCCC1. The highest BCUT2D eigenvalue weighted by Crippen LogP contribution is 2.28. The van der Waals surface area contributed by atoms with E-state index in [1.54, 1.807) is 0 Å². The third-order valence-electron chi connectivity index (χ3n) is 3.10. The van der Waals surface area contributed by atoms with Crippen LogP contribution in [0.2, 0.25) is 12.1 Å². The summed E-state index contributed by atoms with van der Waals surface area (Å²) in [6.45, 7) is 2.06. The molecule has 0 aromatic rings. The molecule has 12 heavy (non-hydrogen) atoms. The van der Waals surface area contributed by atoms with Crippen LogP contribution in [-0.4, -0.2) is 30.8 Å². The fourth-order valence-corrected chi connectivity index (χ4v) is 5.79. The van der Waals surface area contributed by atoms with Crippen LogP contribution >= 0.6 is 0 Å². The zero-order chi connectivity index (χ0) is 9.03. The number of aliphatic hydroxyl groups excluding tert-OH is 1. The first-order valence-electron chi connectivity index (χ1n) is 5.00. The molecule has 0 spiro atoms. The van der Waals surface area contributed by atoms with Gasteiger partial charge in [0, 0.05) is 6.61 Å². The maximum absolute atomic E-state index is 10.0. The molecule has 1 aliphatic heterocycles.